The third-order valence-electron chi connectivity index (χ3n) is 3.57. The number of amides is 1. The number of carbonyl (C=O) groups is 1. The second-order valence-electron chi connectivity index (χ2n) is 5.00. The lowest BCUT2D eigenvalue weighted by Crippen LogP contribution is -2.47. The summed E-state index contributed by atoms with van der Waals surface area (Å²) in [6.07, 6.45) is 3.36. The smallest absolute Gasteiger partial charge is 0.255 e. The van der Waals surface area contributed by atoms with E-state index >= 15 is 0 Å². The maximum Gasteiger partial charge on any atom is 0.255 e. The zero-order chi connectivity index (χ0) is 13.8. The topological polar surface area (TPSA) is 40.5 Å². The number of hydrogen-bond donors (Lipinski definition) is 1. The molecule has 2 atom stereocenters. The highest BCUT2D eigenvalue weighted by molar-refractivity contribution is 7.10. The largest absolute Gasteiger partial charge is 0.384 e. The van der Waals surface area contributed by atoms with Crippen molar-refractivity contribution in [1.82, 2.24) is 4.90 Å². The molecule has 2 rings (SSSR count). The normalized spacial score (nSPS) is 22.8. The fourth-order valence-electron chi connectivity index (χ4n) is 2.61. The minimum atomic E-state index is -0.151. The van der Waals surface area contributed by atoms with Gasteiger partial charge in [-0.05, 0) is 39.2 Å². The van der Waals surface area contributed by atoms with Crippen LogP contribution >= 0.6 is 11.3 Å². The van der Waals surface area contributed by atoms with Crippen molar-refractivity contribution in [3.05, 3.63) is 21.9 Å². The molecule has 3 nitrogen and oxygen atoms in total. The summed E-state index contributed by atoms with van der Waals surface area (Å²) in [4.78, 5) is 15.4. The van der Waals surface area contributed by atoms with Crippen LogP contribution < -0.4 is 0 Å². The molecule has 0 bridgehead atoms. The van der Waals surface area contributed by atoms with Crippen LogP contribution in [-0.2, 0) is 0 Å². The number of likely N-dealkylation sites (tertiary alicyclic amines) is 1. The van der Waals surface area contributed by atoms with Gasteiger partial charge in [-0.15, -0.1) is 11.3 Å². The molecule has 0 radical (unpaired) electrons. The molecule has 1 aromatic heterocycles. The van der Waals surface area contributed by atoms with Crippen molar-refractivity contribution in [2.45, 2.75) is 45.2 Å². The lowest BCUT2D eigenvalue weighted by molar-refractivity contribution is 0.0511. The number of rotatable bonds is 1. The summed E-state index contributed by atoms with van der Waals surface area (Å²) in [7, 11) is 0. The maximum atomic E-state index is 12.5. The van der Waals surface area contributed by atoms with Gasteiger partial charge < -0.3 is 10.0 Å². The molecular weight excluding hydrogens is 258 g/mol. The number of aliphatic hydroxyl groups excluding tert-OH is 1. The van der Waals surface area contributed by atoms with E-state index in [0.29, 0.717) is 17.6 Å². The average molecular weight is 277 g/mol. The molecule has 0 aromatic carbocycles. The molecule has 1 N–H and O–H groups in total. The van der Waals surface area contributed by atoms with Gasteiger partial charge in [0, 0.05) is 17.5 Å². The molecule has 1 aromatic rings. The van der Waals surface area contributed by atoms with Gasteiger partial charge in [0.15, 0.2) is 0 Å². The molecule has 1 fully saturated rings. The molecule has 1 amide bonds. The highest BCUT2D eigenvalue weighted by atomic mass is 32.1. The van der Waals surface area contributed by atoms with E-state index in [9.17, 15) is 4.79 Å². The maximum absolute atomic E-state index is 12.5. The van der Waals surface area contributed by atoms with E-state index in [0.717, 1.165) is 17.7 Å². The van der Waals surface area contributed by atoms with Crippen molar-refractivity contribution < 1.29 is 9.90 Å². The zero-order valence-electron chi connectivity index (χ0n) is 11.3. The summed E-state index contributed by atoms with van der Waals surface area (Å²) in [6, 6.07) is 2.44. The first-order valence-corrected chi connectivity index (χ1v) is 7.52. The quantitative estimate of drug-likeness (QED) is 0.801. The molecule has 2 unspecified atom stereocenters. The Hall–Kier alpha value is -1.31. The van der Waals surface area contributed by atoms with Crippen LogP contribution in [0.3, 0.4) is 0 Å². The predicted octanol–water partition coefficient (Wildman–Crippen LogP) is 2.50. The van der Waals surface area contributed by atoms with Crippen molar-refractivity contribution >= 4 is 17.2 Å². The van der Waals surface area contributed by atoms with E-state index in [-0.39, 0.29) is 12.5 Å². The van der Waals surface area contributed by atoms with E-state index in [4.69, 9.17) is 5.11 Å². The highest BCUT2D eigenvalue weighted by Crippen LogP contribution is 2.26. The first kappa shape index (κ1) is 14.1. The summed E-state index contributed by atoms with van der Waals surface area (Å²) in [5, 5.41) is 10.5. The minimum absolute atomic E-state index is 0.105. The molecule has 0 spiro atoms. The molecule has 1 aliphatic rings. The van der Waals surface area contributed by atoms with Crippen LogP contribution in [0.25, 0.3) is 0 Å². The van der Waals surface area contributed by atoms with Gasteiger partial charge in [0.2, 0.25) is 0 Å². The van der Waals surface area contributed by atoms with E-state index in [1.807, 2.05) is 16.3 Å². The van der Waals surface area contributed by atoms with Crippen LogP contribution in [0.15, 0.2) is 11.4 Å². The van der Waals surface area contributed by atoms with Crippen molar-refractivity contribution in [2.24, 2.45) is 0 Å². The van der Waals surface area contributed by atoms with Crippen LogP contribution in [0.4, 0.5) is 0 Å². The Morgan fingerprint density at radius 1 is 1.47 bits per heavy atom. The number of thiophene rings is 1. The predicted molar refractivity (Wildman–Crippen MR) is 77.2 cm³/mol. The monoisotopic (exact) mass is 277 g/mol. The van der Waals surface area contributed by atoms with Crippen molar-refractivity contribution in [1.29, 1.82) is 0 Å². The summed E-state index contributed by atoms with van der Waals surface area (Å²) in [6.45, 7) is 4.08. The Balaban J connectivity index is 2.16. The summed E-state index contributed by atoms with van der Waals surface area (Å²) >= 11 is 1.45. The molecule has 0 saturated carbocycles. The lowest BCUT2D eigenvalue weighted by Gasteiger charge is -2.38. The first-order chi connectivity index (χ1) is 9.13. The highest BCUT2D eigenvalue weighted by Gasteiger charge is 2.29. The van der Waals surface area contributed by atoms with E-state index in [2.05, 4.69) is 25.7 Å². The minimum Gasteiger partial charge on any atom is -0.384 e. The van der Waals surface area contributed by atoms with E-state index < -0.39 is 0 Å². The van der Waals surface area contributed by atoms with Gasteiger partial charge in [0.1, 0.15) is 6.61 Å². The molecule has 2 heterocycles. The Morgan fingerprint density at radius 3 is 2.79 bits per heavy atom. The molecule has 1 aliphatic heterocycles. The van der Waals surface area contributed by atoms with Crippen LogP contribution in [0.1, 0.15) is 48.3 Å². The Kier molecular flexibility index (Phi) is 4.62. The summed E-state index contributed by atoms with van der Waals surface area (Å²) in [5.74, 6) is 5.55. The van der Waals surface area contributed by atoms with Crippen LogP contribution in [0.5, 0.6) is 0 Å². The third kappa shape index (κ3) is 3.17. The van der Waals surface area contributed by atoms with Gasteiger partial charge in [0.05, 0.1) is 10.4 Å². The fourth-order valence-corrected chi connectivity index (χ4v) is 3.36. The van der Waals surface area contributed by atoms with Crippen molar-refractivity contribution in [2.75, 3.05) is 6.61 Å². The van der Waals surface area contributed by atoms with Gasteiger partial charge in [-0.25, -0.2) is 0 Å². The molecule has 19 heavy (non-hydrogen) atoms. The second-order valence-corrected chi connectivity index (χ2v) is 5.91. The second kappa shape index (κ2) is 6.23. The van der Waals surface area contributed by atoms with Gasteiger partial charge in [0.25, 0.3) is 5.91 Å². The van der Waals surface area contributed by atoms with Crippen LogP contribution in [0, 0.1) is 11.8 Å². The number of hydrogen-bond acceptors (Lipinski definition) is 3. The van der Waals surface area contributed by atoms with Gasteiger partial charge >= 0.3 is 0 Å². The average Bonchev–Trinajstić information content (AvgIpc) is 2.84. The molecule has 102 valence electrons. The lowest BCUT2D eigenvalue weighted by atomic mass is 9.97. The SMILES string of the molecule is CC1CCCC(C)N1C(=O)c1csc(C#CCO)c1. The summed E-state index contributed by atoms with van der Waals surface area (Å²) < 4.78 is 0. The van der Waals surface area contributed by atoms with E-state index in [1.54, 1.807) is 0 Å². The Labute approximate surface area is 118 Å². The van der Waals surface area contributed by atoms with Crippen molar-refractivity contribution in [3.63, 3.8) is 0 Å². The Morgan fingerprint density at radius 2 is 2.16 bits per heavy atom. The first-order valence-electron chi connectivity index (χ1n) is 6.64. The number of nitrogens with zero attached hydrogens (tertiary/aromatic N) is 1. The van der Waals surface area contributed by atoms with E-state index in [1.165, 1.54) is 17.8 Å². The fraction of sp³-hybridized carbons (Fsp3) is 0.533. The van der Waals surface area contributed by atoms with Crippen LogP contribution in [-0.4, -0.2) is 34.6 Å². The molecule has 1 saturated heterocycles. The van der Waals surface area contributed by atoms with Gasteiger partial charge in [-0.3, -0.25) is 4.79 Å². The van der Waals surface area contributed by atoms with Crippen LogP contribution in [0.2, 0.25) is 0 Å². The molecule has 4 heteroatoms. The molecule has 0 aliphatic carbocycles. The summed E-state index contributed by atoms with van der Waals surface area (Å²) in [5.41, 5.74) is 0.716. The number of piperidine rings is 1. The van der Waals surface area contributed by atoms with Gasteiger partial charge in [-0.2, -0.15) is 0 Å². The van der Waals surface area contributed by atoms with Crippen molar-refractivity contribution in [3.8, 4) is 11.8 Å². The molecular formula is C15H19NO2S. The number of aliphatic hydroxyl groups is 1. The number of carbonyl (C=O) groups excluding carboxylic acids is 1. The zero-order valence-corrected chi connectivity index (χ0v) is 12.2. The third-order valence-corrected chi connectivity index (χ3v) is 4.41. The standard InChI is InChI=1S/C15H19NO2S/c1-11-5-3-6-12(2)16(11)15(18)13-9-14(19-10-13)7-4-8-17/h9-12,17H,3,5-6,8H2,1-2H3. The van der Waals surface area contributed by atoms with Gasteiger partial charge in [-0.1, -0.05) is 11.8 Å². The Bertz CT molecular complexity index is 502.